The molecule has 1 aromatic heterocycles. The lowest BCUT2D eigenvalue weighted by atomic mass is 9.96. The zero-order valence-electron chi connectivity index (χ0n) is 12.8. The summed E-state index contributed by atoms with van der Waals surface area (Å²) in [7, 11) is 0. The van der Waals surface area contributed by atoms with E-state index < -0.39 is 12.2 Å². The summed E-state index contributed by atoms with van der Waals surface area (Å²) in [6.45, 7) is 5.16. The Bertz CT molecular complexity index is 692. The molecule has 2 heterocycles. The van der Waals surface area contributed by atoms with Gasteiger partial charge < -0.3 is 13.9 Å². The first-order valence-corrected chi connectivity index (χ1v) is 7.30. The van der Waals surface area contributed by atoms with Gasteiger partial charge in [0.15, 0.2) is 18.0 Å². The van der Waals surface area contributed by atoms with Gasteiger partial charge in [0.2, 0.25) is 0 Å². The van der Waals surface area contributed by atoms with E-state index in [1.54, 1.807) is 6.26 Å². The molecule has 1 aliphatic heterocycles. The topological polar surface area (TPSA) is 65.7 Å². The minimum absolute atomic E-state index is 0.284. The lowest BCUT2D eigenvalue weighted by Gasteiger charge is -2.19. The van der Waals surface area contributed by atoms with Crippen LogP contribution in [0.4, 0.5) is 0 Å². The van der Waals surface area contributed by atoms with Crippen molar-refractivity contribution in [2.24, 2.45) is 0 Å². The van der Waals surface area contributed by atoms with Gasteiger partial charge in [-0.05, 0) is 43.9 Å². The van der Waals surface area contributed by atoms with Crippen molar-refractivity contribution in [3.63, 3.8) is 0 Å². The van der Waals surface area contributed by atoms with Gasteiger partial charge in [0.1, 0.15) is 0 Å². The highest BCUT2D eigenvalue weighted by Crippen LogP contribution is 2.41. The number of esters is 2. The van der Waals surface area contributed by atoms with Crippen LogP contribution in [-0.2, 0) is 19.1 Å². The van der Waals surface area contributed by atoms with Crippen LogP contribution < -0.4 is 0 Å². The third kappa shape index (κ3) is 2.47. The summed E-state index contributed by atoms with van der Waals surface area (Å²) in [5, 5.41) is 0. The van der Waals surface area contributed by atoms with Gasteiger partial charge in [-0.3, -0.25) is 4.79 Å². The Morgan fingerprint density at radius 2 is 2.14 bits per heavy atom. The van der Waals surface area contributed by atoms with Gasteiger partial charge >= 0.3 is 11.9 Å². The van der Waals surface area contributed by atoms with Crippen LogP contribution in [0.1, 0.15) is 55.8 Å². The summed E-state index contributed by atoms with van der Waals surface area (Å²) in [4.78, 5) is 23.4. The summed E-state index contributed by atoms with van der Waals surface area (Å²) in [6.07, 6.45) is 5.66. The van der Waals surface area contributed by atoms with Gasteiger partial charge in [-0.15, -0.1) is 0 Å². The zero-order chi connectivity index (χ0) is 15.9. The van der Waals surface area contributed by atoms with E-state index in [1.165, 1.54) is 6.92 Å². The fourth-order valence-corrected chi connectivity index (χ4v) is 2.93. The predicted octanol–water partition coefficient (Wildman–Crippen LogP) is 3.46. The number of hydrogen-bond acceptors (Lipinski definition) is 5. The van der Waals surface area contributed by atoms with Gasteiger partial charge in [-0.1, -0.05) is 6.08 Å². The van der Waals surface area contributed by atoms with Crippen molar-refractivity contribution in [3.05, 3.63) is 46.4 Å². The van der Waals surface area contributed by atoms with E-state index in [0.717, 1.165) is 16.7 Å². The van der Waals surface area contributed by atoms with Crippen molar-refractivity contribution >= 4 is 11.9 Å². The lowest BCUT2D eigenvalue weighted by Crippen LogP contribution is -2.13. The molecule has 0 amide bonds. The average molecular weight is 302 g/mol. The highest BCUT2D eigenvalue weighted by atomic mass is 16.6. The first-order valence-electron chi connectivity index (χ1n) is 7.30. The summed E-state index contributed by atoms with van der Waals surface area (Å²) < 4.78 is 16.6. The Hall–Kier alpha value is -2.30. The monoisotopic (exact) mass is 302 g/mol. The molecule has 0 fully saturated rings. The molecule has 22 heavy (non-hydrogen) atoms. The molecule has 3 rings (SSSR count). The predicted molar refractivity (Wildman–Crippen MR) is 77.9 cm³/mol. The smallest absolute Gasteiger partial charge is 0.334 e. The number of carbonyl (C=O) groups is 2. The van der Waals surface area contributed by atoms with Gasteiger partial charge in [-0.25, -0.2) is 4.79 Å². The van der Waals surface area contributed by atoms with E-state index in [1.807, 2.05) is 26.0 Å². The molecule has 2 bridgehead atoms. The maximum atomic E-state index is 11.9. The molecule has 0 saturated carbocycles. The van der Waals surface area contributed by atoms with E-state index >= 15 is 0 Å². The van der Waals surface area contributed by atoms with Crippen LogP contribution in [0.3, 0.4) is 0 Å². The van der Waals surface area contributed by atoms with E-state index in [4.69, 9.17) is 13.9 Å². The standard InChI is InChI=1S/C17H18O5/c1-9-5-4-6-12-7-13(22-17(12)19)14-10(2)8-20-16(14)15(9)21-11(3)18/h5,7-8,13,15H,4,6H2,1-3H3/t13-,15+/m1/s1. The van der Waals surface area contributed by atoms with Crippen molar-refractivity contribution in [3.8, 4) is 0 Å². The van der Waals surface area contributed by atoms with Crippen LogP contribution in [0.15, 0.2) is 34.0 Å². The normalized spacial score (nSPS) is 24.0. The molecule has 1 aromatic rings. The van der Waals surface area contributed by atoms with E-state index in [0.29, 0.717) is 24.2 Å². The third-order valence-corrected chi connectivity index (χ3v) is 4.00. The molecular weight excluding hydrogens is 284 g/mol. The molecule has 0 spiro atoms. The van der Waals surface area contributed by atoms with Crippen molar-refractivity contribution in [1.82, 2.24) is 0 Å². The molecule has 1 aliphatic carbocycles. The quantitative estimate of drug-likeness (QED) is 0.587. The number of furan rings is 1. The second-order valence-electron chi connectivity index (χ2n) is 5.69. The number of ether oxygens (including phenoxy) is 2. The maximum Gasteiger partial charge on any atom is 0.334 e. The van der Waals surface area contributed by atoms with Crippen LogP contribution in [-0.4, -0.2) is 11.9 Å². The molecular formula is C17H18O5. The molecule has 0 saturated heterocycles. The highest BCUT2D eigenvalue weighted by molar-refractivity contribution is 5.91. The largest absolute Gasteiger partial charge is 0.464 e. The second-order valence-corrected chi connectivity index (χ2v) is 5.69. The van der Waals surface area contributed by atoms with Crippen LogP contribution in [0.5, 0.6) is 0 Å². The van der Waals surface area contributed by atoms with Crippen molar-refractivity contribution in [1.29, 1.82) is 0 Å². The molecule has 0 unspecified atom stereocenters. The van der Waals surface area contributed by atoms with E-state index in [9.17, 15) is 9.59 Å². The fraction of sp³-hybridized carbons (Fsp3) is 0.412. The molecule has 5 heteroatoms. The molecule has 116 valence electrons. The molecule has 0 radical (unpaired) electrons. The molecule has 2 aliphatic rings. The Morgan fingerprint density at radius 1 is 1.36 bits per heavy atom. The minimum atomic E-state index is -0.588. The third-order valence-electron chi connectivity index (χ3n) is 4.00. The summed E-state index contributed by atoms with van der Waals surface area (Å²) >= 11 is 0. The molecule has 0 aromatic carbocycles. The maximum absolute atomic E-state index is 11.9. The summed E-state index contributed by atoms with van der Waals surface area (Å²) in [5.41, 5.74) is 3.21. The Morgan fingerprint density at radius 3 is 2.86 bits per heavy atom. The Labute approximate surface area is 128 Å². The highest BCUT2D eigenvalue weighted by Gasteiger charge is 2.35. The first-order chi connectivity index (χ1) is 10.5. The van der Waals surface area contributed by atoms with E-state index in [2.05, 4.69) is 0 Å². The van der Waals surface area contributed by atoms with Gasteiger partial charge in [0.05, 0.1) is 6.26 Å². The number of allylic oxidation sites excluding steroid dienone is 1. The second kappa shape index (κ2) is 5.48. The van der Waals surface area contributed by atoms with Crippen molar-refractivity contribution in [2.75, 3.05) is 0 Å². The van der Waals surface area contributed by atoms with Gasteiger partial charge in [0.25, 0.3) is 0 Å². The van der Waals surface area contributed by atoms with Crippen LogP contribution in [0.2, 0.25) is 0 Å². The number of rotatable bonds is 1. The Balaban J connectivity index is 2.13. The van der Waals surface area contributed by atoms with Crippen LogP contribution >= 0.6 is 0 Å². The van der Waals surface area contributed by atoms with Gasteiger partial charge in [0, 0.05) is 18.1 Å². The van der Waals surface area contributed by atoms with Crippen LogP contribution in [0, 0.1) is 6.92 Å². The number of fused-ring (bicyclic) bond motifs is 3. The van der Waals surface area contributed by atoms with Crippen LogP contribution in [0.25, 0.3) is 0 Å². The van der Waals surface area contributed by atoms with E-state index in [-0.39, 0.29) is 11.9 Å². The fourth-order valence-electron chi connectivity index (χ4n) is 2.93. The molecule has 0 N–H and O–H groups in total. The number of aryl methyl sites for hydroxylation is 1. The lowest BCUT2D eigenvalue weighted by molar-refractivity contribution is -0.146. The van der Waals surface area contributed by atoms with Crippen molar-refractivity contribution in [2.45, 2.75) is 45.8 Å². The zero-order valence-corrected chi connectivity index (χ0v) is 12.8. The molecule has 2 atom stereocenters. The Kier molecular flexibility index (Phi) is 3.64. The first kappa shape index (κ1) is 14.6. The summed E-state index contributed by atoms with van der Waals surface area (Å²) in [5.74, 6) is -0.137. The number of hydrogen-bond donors (Lipinski definition) is 0. The minimum Gasteiger partial charge on any atom is -0.464 e. The average Bonchev–Trinajstić information content (AvgIpc) is 2.98. The van der Waals surface area contributed by atoms with Crippen molar-refractivity contribution < 1.29 is 23.5 Å². The summed E-state index contributed by atoms with van der Waals surface area (Å²) in [6, 6.07) is 0. The number of carbonyl (C=O) groups excluding carboxylic acids is 2. The molecule has 5 nitrogen and oxygen atoms in total. The van der Waals surface area contributed by atoms with Gasteiger partial charge in [-0.2, -0.15) is 0 Å². The SMILES string of the molecule is CC(=O)O[C@H]1C(C)=CCCC2=C[C@@H](OC2=O)c2c(C)coc21.